The maximum Gasteiger partial charge on any atom is 0.297 e. The second kappa shape index (κ2) is 14.2. The molecule has 0 unspecified atom stereocenters. The summed E-state index contributed by atoms with van der Waals surface area (Å²) in [5.74, 6) is -0.825. The number of rotatable bonds is 11. The molecule has 3 aromatic carbocycles. The number of nitrogens with zero attached hydrogens (tertiary/aromatic N) is 3. The van der Waals surface area contributed by atoms with Crippen molar-refractivity contribution in [1.29, 1.82) is 0 Å². The second-order valence-corrected chi connectivity index (χ2v) is 18.0. The van der Waals surface area contributed by atoms with Crippen LogP contribution in [0.3, 0.4) is 0 Å². The highest BCUT2D eigenvalue weighted by molar-refractivity contribution is 6.71. The number of hydrogen-bond donors (Lipinski definition) is 2. The Kier molecular flexibility index (Phi) is 10.1. The van der Waals surface area contributed by atoms with Crippen LogP contribution in [0.25, 0.3) is 5.69 Å². The Labute approximate surface area is 297 Å². The maximum absolute atomic E-state index is 14.9. The van der Waals surface area contributed by atoms with Gasteiger partial charge in [0.2, 0.25) is 5.91 Å². The van der Waals surface area contributed by atoms with Crippen LogP contribution in [0, 0.1) is 5.92 Å². The number of anilines is 1. The van der Waals surface area contributed by atoms with E-state index in [1.807, 2.05) is 74.6 Å². The van der Waals surface area contributed by atoms with Gasteiger partial charge in [-0.2, -0.15) is 0 Å². The molecular weight excluding hydrogens is 674 g/mol. The summed E-state index contributed by atoms with van der Waals surface area (Å²) in [5, 5.41) is 10.2. The van der Waals surface area contributed by atoms with Gasteiger partial charge in [0.05, 0.1) is 38.5 Å². The van der Waals surface area contributed by atoms with Gasteiger partial charge in [-0.25, -0.2) is 0 Å². The molecule has 2 aliphatic rings. The van der Waals surface area contributed by atoms with Crippen molar-refractivity contribution in [2.75, 3.05) is 25.2 Å². The van der Waals surface area contributed by atoms with Crippen LogP contribution in [0.4, 0.5) is 5.69 Å². The highest BCUT2D eigenvalue weighted by Crippen LogP contribution is 2.60. The van der Waals surface area contributed by atoms with Gasteiger partial charge in [-0.1, -0.05) is 61.0 Å². The molecule has 0 aliphatic carbocycles. The van der Waals surface area contributed by atoms with Crippen molar-refractivity contribution in [2.45, 2.75) is 56.8 Å². The van der Waals surface area contributed by atoms with E-state index in [0.29, 0.717) is 28.5 Å². The summed E-state index contributed by atoms with van der Waals surface area (Å²) in [6.07, 6.45) is 0.830. The number of ether oxygens (including phenoxy) is 2. The van der Waals surface area contributed by atoms with Crippen molar-refractivity contribution in [3.8, 4) is 11.4 Å². The molecule has 3 heterocycles. The quantitative estimate of drug-likeness (QED) is 0.204. The smallest absolute Gasteiger partial charge is 0.297 e. The topological polar surface area (TPSA) is 122 Å². The fourth-order valence-electron chi connectivity index (χ4n) is 7.74. The Balaban J connectivity index is 1.35. The summed E-state index contributed by atoms with van der Waals surface area (Å²) in [5.41, 5.74) is 1.26. The predicted octanol–water partition coefficient (Wildman–Crippen LogP) is 5.26. The first-order valence-electron chi connectivity index (χ1n) is 16.7. The molecule has 1 saturated heterocycles. The van der Waals surface area contributed by atoms with Gasteiger partial charge in [-0.05, 0) is 66.7 Å². The van der Waals surface area contributed by atoms with E-state index in [9.17, 15) is 24.3 Å². The standard InChI is InChI=1S/C38H42ClN3O7Si/c1-25-35(50(3,4)47)33(22-34(44)40(18-19-43)23-26-10-6-5-7-11-26)49-38(25)30-21-28(39)15-16-31(30)42(37(38)46)24-27-12-8-13-29(20-27)41-17-9-14-32(48-2)36(41)45/h5-17,20-21,25,33,35,43,47H,18-19,22-24H2,1-4H3/t25-,33+,35-,38+/m1/s1. The van der Waals surface area contributed by atoms with E-state index in [-0.39, 0.29) is 49.2 Å². The number of aliphatic hydroxyl groups is 1. The number of carbonyl (C=O) groups is 2. The van der Waals surface area contributed by atoms with Crippen LogP contribution in [0.2, 0.25) is 23.7 Å². The lowest BCUT2D eigenvalue weighted by Gasteiger charge is -2.32. The monoisotopic (exact) mass is 715 g/mol. The minimum absolute atomic E-state index is 0.0684. The highest BCUT2D eigenvalue weighted by Gasteiger charge is 2.66. The summed E-state index contributed by atoms with van der Waals surface area (Å²) < 4.78 is 13.6. The SMILES string of the molecule is COc1cccn(-c2cccc(CN3C(=O)[C@@]4(O[C@@H](CC(=O)N(CCO)Cc5ccccc5)[C@H]([Si](C)(C)O)[C@H]4C)c4cc(Cl)ccc43)c2)c1=O. The molecule has 2 amide bonds. The molecule has 0 radical (unpaired) electrons. The zero-order valence-electron chi connectivity index (χ0n) is 28.6. The van der Waals surface area contributed by atoms with Gasteiger partial charge in [0.25, 0.3) is 11.5 Å². The Bertz CT molecular complexity index is 1950. The van der Waals surface area contributed by atoms with E-state index in [2.05, 4.69) is 0 Å². The molecule has 262 valence electrons. The maximum atomic E-state index is 14.9. The fourth-order valence-corrected chi connectivity index (χ4v) is 10.5. The number of aliphatic hydroxyl groups excluding tert-OH is 1. The third kappa shape index (κ3) is 6.51. The minimum atomic E-state index is -3.05. The van der Waals surface area contributed by atoms with E-state index in [1.54, 1.807) is 46.3 Å². The van der Waals surface area contributed by atoms with Gasteiger partial charge >= 0.3 is 0 Å². The minimum Gasteiger partial charge on any atom is -0.491 e. The van der Waals surface area contributed by atoms with E-state index >= 15 is 0 Å². The number of fused-ring (bicyclic) bond motifs is 2. The molecule has 50 heavy (non-hydrogen) atoms. The first kappa shape index (κ1) is 35.6. The summed E-state index contributed by atoms with van der Waals surface area (Å²) in [6.45, 7) is 5.95. The third-order valence-corrected chi connectivity index (χ3v) is 12.7. The van der Waals surface area contributed by atoms with Crippen LogP contribution in [0.15, 0.2) is 95.9 Å². The number of benzene rings is 3. The number of halogens is 1. The van der Waals surface area contributed by atoms with Crippen molar-refractivity contribution in [2.24, 2.45) is 5.92 Å². The van der Waals surface area contributed by atoms with Crippen LogP contribution < -0.4 is 15.2 Å². The summed E-state index contributed by atoms with van der Waals surface area (Å²) in [6, 6.07) is 25.5. The molecule has 12 heteroatoms. The van der Waals surface area contributed by atoms with Crippen LogP contribution in [0.5, 0.6) is 5.75 Å². The van der Waals surface area contributed by atoms with Crippen molar-refractivity contribution < 1.29 is 29.0 Å². The van der Waals surface area contributed by atoms with E-state index in [0.717, 1.165) is 11.1 Å². The lowest BCUT2D eigenvalue weighted by Crippen LogP contribution is -2.46. The van der Waals surface area contributed by atoms with Crippen LogP contribution in [-0.4, -0.2) is 65.9 Å². The number of methoxy groups -OCH3 is 1. The van der Waals surface area contributed by atoms with Gasteiger partial charge in [0.1, 0.15) is 0 Å². The number of carbonyl (C=O) groups excluding carboxylic acids is 2. The molecular formula is C38H42ClN3O7Si. The van der Waals surface area contributed by atoms with E-state index in [1.165, 1.54) is 11.7 Å². The second-order valence-electron chi connectivity index (χ2n) is 13.6. The Morgan fingerprint density at radius 2 is 1.76 bits per heavy atom. The summed E-state index contributed by atoms with van der Waals surface area (Å²) in [4.78, 5) is 56.7. The number of pyridine rings is 1. The summed E-state index contributed by atoms with van der Waals surface area (Å²) >= 11 is 6.56. The molecule has 0 saturated carbocycles. The highest BCUT2D eigenvalue weighted by atomic mass is 35.5. The third-order valence-electron chi connectivity index (χ3n) is 9.92. The van der Waals surface area contributed by atoms with Gasteiger partial charge in [-0.3, -0.25) is 19.0 Å². The lowest BCUT2D eigenvalue weighted by molar-refractivity contribution is -0.150. The van der Waals surface area contributed by atoms with Crippen LogP contribution in [-0.2, 0) is 33.0 Å². The van der Waals surface area contributed by atoms with Gasteiger partial charge in [0.15, 0.2) is 19.7 Å². The molecule has 4 aromatic rings. The average Bonchev–Trinajstić information content (AvgIpc) is 3.51. The molecule has 4 atom stereocenters. The number of amides is 2. The Morgan fingerprint density at radius 1 is 1.02 bits per heavy atom. The van der Waals surface area contributed by atoms with Gasteiger partial charge in [0, 0.05) is 47.0 Å². The average molecular weight is 716 g/mol. The molecule has 1 fully saturated rings. The van der Waals surface area contributed by atoms with Crippen molar-refractivity contribution in [3.63, 3.8) is 0 Å². The molecule has 2 N–H and O–H groups in total. The van der Waals surface area contributed by atoms with Crippen molar-refractivity contribution in [1.82, 2.24) is 9.47 Å². The number of hydrogen-bond acceptors (Lipinski definition) is 7. The molecule has 2 aliphatic heterocycles. The normalized spacial score (nSPS) is 21.5. The predicted molar refractivity (Wildman–Crippen MR) is 194 cm³/mol. The molecule has 0 bridgehead atoms. The first-order chi connectivity index (χ1) is 23.9. The Hall–Kier alpha value is -4.26. The van der Waals surface area contributed by atoms with E-state index < -0.39 is 31.5 Å². The van der Waals surface area contributed by atoms with Crippen molar-refractivity contribution in [3.05, 3.63) is 123 Å². The number of aromatic nitrogens is 1. The largest absolute Gasteiger partial charge is 0.491 e. The lowest BCUT2D eigenvalue weighted by atomic mass is 9.82. The summed E-state index contributed by atoms with van der Waals surface area (Å²) in [7, 11) is -1.60. The zero-order valence-corrected chi connectivity index (χ0v) is 30.3. The molecule has 1 spiro atoms. The van der Waals surface area contributed by atoms with Crippen LogP contribution in [0.1, 0.15) is 30.0 Å². The molecule has 1 aromatic heterocycles. The Morgan fingerprint density at radius 3 is 2.46 bits per heavy atom. The molecule has 10 nitrogen and oxygen atoms in total. The van der Waals surface area contributed by atoms with E-state index in [4.69, 9.17) is 21.1 Å². The van der Waals surface area contributed by atoms with Crippen LogP contribution >= 0.6 is 11.6 Å². The molecule has 6 rings (SSSR count). The van der Waals surface area contributed by atoms with Gasteiger partial charge < -0.3 is 29.2 Å². The van der Waals surface area contributed by atoms with Crippen molar-refractivity contribution >= 4 is 37.4 Å². The van der Waals surface area contributed by atoms with Gasteiger partial charge in [-0.15, -0.1) is 0 Å². The first-order valence-corrected chi connectivity index (χ1v) is 20.1. The fraction of sp³-hybridized carbons (Fsp3) is 0.342. The zero-order chi connectivity index (χ0) is 35.8.